The smallest absolute Gasteiger partial charge is 0.231 e. The van der Waals surface area contributed by atoms with E-state index in [-0.39, 0.29) is 24.7 Å². The molecule has 0 aliphatic rings. The van der Waals surface area contributed by atoms with Crippen molar-refractivity contribution in [3.63, 3.8) is 0 Å². The van der Waals surface area contributed by atoms with E-state index in [0.717, 1.165) is 6.07 Å². The maximum absolute atomic E-state index is 13.5. The van der Waals surface area contributed by atoms with Gasteiger partial charge in [0.05, 0.1) is 12.6 Å². The third-order valence-electron chi connectivity index (χ3n) is 2.82. The monoisotopic (exact) mass is 272 g/mol. The summed E-state index contributed by atoms with van der Waals surface area (Å²) in [5.74, 6) is -2.04. The van der Waals surface area contributed by atoms with Crippen LogP contribution in [0.25, 0.3) is 0 Å². The highest BCUT2D eigenvalue weighted by molar-refractivity contribution is 5.75. The Hall–Kier alpha value is -1.53. The maximum atomic E-state index is 13.5. The van der Waals surface area contributed by atoms with Crippen LogP contribution in [-0.4, -0.2) is 35.0 Å². The van der Waals surface area contributed by atoms with Crippen LogP contribution in [-0.2, 0) is 4.79 Å². The fourth-order valence-corrected chi connectivity index (χ4v) is 1.75. The number of aliphatic hydroxyl groups excluding tert-OH is 1. The fourth-order valence-electron chi connectivity index (χ4n) is 1.75. The molecule has 1 atom stereocenters. The average molecular weight is 272 g/mol. The van der Waals surface area contributed by atoms with Gasteiger partial charge in [-0.1, -0.05) is 6.07 Å². The normalized spacial score (nSPS) is 13.0. The van der Waals surface area contributed by atoms with Gasteiger partial charge in [-0.05, 0) is 19.9 Å². The molecular formula is C13H18F2N2O2. The van der Waals surface area contributed by atoms with Crippen molar-refractivity contribution in [1.82, 2.24) is 4.90 Å². The number of hydrogen-bond donors (Lipinski definition) is 2. The molecule has 106 valence electrons. The van der Waals surface area contributed by atoms with E-state index < -0.39 is 23.6 Å². The van der Waals surface area contributed by atoms with Gasteiger partial charge in [0, 0.05) is 24.2 Å². The molecule has 6 heteroatoms. The molecule has 0 aliphatic heterocycles. The summed E-state index contributed by atoms with van der Waals surface area (Å²) >= 11 is 0. The minimum atomic E-state index is -1.15. The molecule has 0 aromatic heterocycles. The zero-order valence-corrected chi connectivity index (χ0v) is 10.9. The topological polar surface area (TPSA) is 66.6 Å². The van der Waals surface area contributed by atoms with Crippen molar-refractivity contribution in [3.05, 3.63) is 35.4 Å². The lowest BCUT2D eigenvalue weighted by Crippen LogP contribution is -2.41. The Kier molecular flexibility index (Phi) is 5.38. The van der Waals surface area contributed by atoms with E-state index in [1.807, 2.05) is 13.8 Å². The van der Waals surface area contributed by atoms with Gasteiger partial charge in [0.25, 0.3) is 0 Å². The van der Waals surface area contributed by atoms with E-state index in [1.165, 1.54) is 6.07 Å². The van der Waals surface area contributed by atoms with Gasteiger partial charge in [0.15, 0.2) is 0 Å². The van der Waals surface area contributed by atoms with Crippen molar-refractivity contribution >= 4 is 5.91 Å². The van der Waals surface area contributed by atoms with Gasteiger partial charge in [-0.2, -0.15) is 0 Å². The zero-order chi connectivity index (χ0) is 14.6. The summed E-state index contributed by atoms with van der Waals surface area (Å²) in [4.78, 5) is 12.5. The van der Waals surface area contributed by atoms with Crippen LogP contribution in [0.5, 0.6) is 0 Å². The Labute approximate surface area is 110 Å². The van der Waals surface area contributed by atoms with E-state index in [1.54, 1.807) is 4.90 Å². The average Bonchev–Trinajstić information content (AvgIpc) is 2.26. The molecule has 0 aliphatic carbocycles. The lowest BCUT2D eigenvalue weighted by molar-refractivity contribution is -0.119. The van der Waals surface area contributed by atoms with Crippen LogP contribution in [0.3, 0.4) is 0 Å². The van der Waals surface area contributed by atoms with Gasteiger partial charge in [0.1, 0.15) is 11.6 Å². The lowest BCUT2D eigenvalue weighted by Gasteiger charge is -2.27. The number of carbonyl (C=O) groups is 1. The highest BCUT2D eigenvalue weighted by atomic mass is 19.1. The zero-order valence-electron chi connectivity index (χ0n) is 10.9. The second-order valence-corrected chi connectivity index (χ2v) is 4.67. The number of hydrogen-bond acceptors (Lipinski definition) is 3. The van der Waals surface area contributed by atoms with Gasteiger partial charge < -0.3 is 10.8 Å². The van der Waals surface area contributed by atoms with E-state index in [9.17, 15) is 18.7 Å². The highest BCUT2D eigenvalue weighted by Gasteiger charge is 2.20. The molecule has 0 radical (unpaired) electrons. The summed E-state index contributed by atoms with van der Waals surface area (Å²) in [5.41, 5.74) is 5.11. The van der Waals surface area contributed by atoms with Crippen LogP contribution in [0.1, 0.15) is 25.5 Å². The third kappa shape index (κ3) is 4.57. The van der Waals surface area contributed by atoms with E-state index >= 15 is 0 Å². The highest BCUT2D eigenvalue weighted by Crippen LogP contribution is 2.19. The maximum Gasteiger partial charge on any atom is 0.231 e. The standard InChI is InChI=1S/C13H18F2N2O2/c1-8(2)17(7-13(16)19)6-12(18)10-4-3-9(14)5-11(10)15/h3-5,8,12,18H,6-7H2,1-2H3,(H2,16,19). The fraction of sp³-hybridized carbons (Fsp3) is 0.462. The van der Waals surface area contributed by atoms with E-state index in [0.29, 0.717) is 6.07 Å². The first-order valence-corrected chi connectivity index (χ1v) is 5.96. The van der Waals surface area contributed by atoms with Crippen LogP contribution in [0.4, 0.5) is 8.78 Å². The second kappa shape index (κ2) is 6.58. The summed E-state index contributed by atoms with van der Waals surface area (Å²) in [5, 5.41) is 9.97. The summed E-state index contributed by atoms with van der Waals surface area (Å²) in [7, 11) is 0. The number of benzene rings is 1. The van der Waals surface area contributed by atoms with Crippen LogP contribution in [0.2, 0.25) is 0 Å². The van der Waals surface area contributed by atoms with E-state index in [4.69, 9.17) is 5.73 Å². The number of halogens is 2. The van der Waals surface area contributed by atoms with Crippen molar-refractivity contribution < 1.29 is 18.7 Å². The molecule has 0 fully saturated rings. The SMILES string of the molecule is CC(C)N(CC(N)=O)CC(O)c1ccc(F)cc1F. The molecule has 0 spiro atoms. The first-order valence-electron chi connectivity index (χ1n) is 5.96. The Morgan fingerprint density at radius 3 is 2.53 bits per heavy atom. The Balaban J connectivity index is 2.81. The molecule has 3 N–H and O–H groups in total. The molecule has 1 rings (SSSR count). The summed E-state index contributed by atoms with van der Waals surface area (Å²) in [6.07, 6.45) is -1.15. The minimum absolute atomic E-state index is 0.00322. The predicted octanol–water partition coefficient (Wildman–Crippen LogP) is 1.19. The number of aliphatic hydroxyl groups is 1. The summed E-state index contributed by atoms with van der Waals surface area (Å²) < 4.78 is 26.3. The molecule has 0 saturated heterocycles. The Morgan fingerprint density at radius 1 is 1.42 bits per heavy atom. The van der Waals surface area contributed by atoms with Crippen molar-refractivity contribution in [2.24, 2.45) is 5.73 Å². The van der Waals surface area contributed by atoms with Gasteiger partial charge in [-0.15, -0.1) is 0 Å². The molecule has 0 saturated carbocycles. The predicted molar refractivity (Wildman–Crippen MR) is 67.2 cm³/mol. The minimum Gasteiger partial charge on any atom is -0.387 e. The first kappa shape index (κ1) is 15.5. The largest absolute Gasteiger partial charge is 0.387 e. The molecule has 1 amide bonds. The lowest BCUT2D eigenvalue weighted by atomic mass is 10.1. The Morgan fingerprint density at radius 2 is 2.05 bits per heavy atom. The molecular weight excluding hydrogens is 254 g/mol. The molecule has 0 heterocycles. The van der Waals surface area contributed by atoms with E-state index in [2.05, 4.69) is 0 Å². The molecule has 4 nitrogen and oxygen atoms in total. The van der Waals surface area contributed by atoms with Crippen LogP contribution >= 0.6 is 0 Å². The molecule has 19 heavy (non-hydrogen) atoms. The summed E-state index contributed by atoms with van der Waals surface area (Å²) in [6, 6.07) is 2.95. The van der Waals surface area contributed by atoms with Gasteiger partial charge in [0.2, 0.25) is 5.91 Å². The van der Waals surface area contributed by atoms with Gasteiger partial charge >= 0.3 is 0 Å². The molecule has 1 aromatic carbocycles. The van der Waals surface area contributed by atoms with Crippen LogP contribution in [0, 0.1) is 11.6 Å². The van der Waals surface area contributed by atoms with Crippen LogP contribution < -0.4 is 5.73 Å². The van der Waals surface area contributed by atoms with Crippen molar-refractivity contribution in [3.8, 4) is 0 Å². The number of amides is 1. The quantitative estimate of drug-likeness (QED) is 0.817. The number of nitrogens with zero attached hydrogens (tertiary/aromatic N) is 1. The Bertz CT molecular complexity index is 452. The number of rotatable bonds is 6. The van der Waals surface area contributed by atoms with Crippen molar-refractivity contribution in [2.75, 3.05) is 13.1 Å². The number of carbonyl (C=O) groups excluding carboxylic acids is 1. The molecule has 1 unspecified atom stereocenters. The third-order valence-corrected chi connectivity index (χ3v) is 2.82. The van der Waals surface area contributed by atoms with Gasteiger partial charge in [-0.3, -0.25) is 9.69 Å². The molecule has 0 bridgehead atoms. The van der Waals surface area contributed by atoms with Crippen molar-refractivity contribution in [2.45, 2.75) is 26.0 Å². The van der Waals surface area contributed by atoms with Crippen molar-refractivity contribution in [1.29, 1.82) is 0 Å². The summed E-state index contributed by atoms with van der Waals surface area (Å²) in [6.45, 7) is 3.67. The number of primary amides is 1. The number of nitrogens with two attached hydrogens (primary N) is 1. The first-order chi connectivity index (χ1) is 8.81. The van der Waals surface area contributed by atoms with Gasteiger partial charge in [-0.25, -0.2) is 8.78 Å². The molecule has 1 aromatic rings. The second-order valence-electron chi connectivity index (χ2n) is 4.67. The van der Waals surface area contributed by atoms with Crippen LogP contribution in [0.15, 0.2) is 18.2 Å².